The summed E-state index contributed by atoms with van der Waals surface area (Å²) in [5, 5.41) is 0. The second-order valence-corrected chi connectivity index (χ2v) is 20.2. The van der Waals surface area contributed by atoms with Crippen molar-refractivity contribution in [1.82, 2.24) is 9.80 Å². The molecule has 0 aromatic heterocycles. The number of ether oxygens (including phenoxy) is 5. The summed E-state index contributed by atoms with van der Waals surface area (Å²) in [6.45, 7) is 19.3. The van der Waals surface area contributed by atoms with E-state index in [1.165, 1.54) is 3.57 Å². The van der Waals surface area contributed by atoms with Crippen molar-refractivity contribution < 1.29 is 42.9 Å². The fourth-order valence-electron chi connectivity index (χ4n) is 3.86. The third-order valence-electron chi connectivity index (χ3n) is 5.73. The van der Waals surface area contributed by atoms with Crippen LogP contribution in [0.15, 0.2) is 53.5 Å². The molecular formula is C36H52IN3O9. The number of alkyl halides is 1. The normalized spacial score (nSPS) is 12.8. The van der Waals surface area contributed by atoms with Crippen molar-refractivity contribution in [2.45, 2.75) is 112 Å². The van der Waals surface area contributed by atoms with Crippen molar-refractivity contribution in [3.8, 4) is 5.75 Å². The molecule has 0 aliphatic heterocycles. The molecule has 13 heteroatoms. The summed E-state index contributed by atoms with van der Waals surface area (Å²) in [4.78, 5) is 62.5. The first-order valence-corrected chi connectivity index (χ1v) is 20.0. The van der Waals surface area contributed by atoms with E-state index in [0.29, 0.717) is 10.5 Å². The summed E-state index contributed by atoms with van der Waals surface area (Å²) in [5.41, 5.74) is -3.55. The molecule has 0 radical (unpaired) electrons. The van der Waals surface area contributed by atoms with E-state index in [-0.39, 0.29) is 6.54 Å². The van der Waals surface area contributed by atoms with Gasteiger partial charge in [-0.05, 0) is 0 Å². The van der Waals surface area contributed by atoms with Crippen LogP contribution in [0.4, 0.5) is 19.2 Å². The van der Waals surface area contributed by atoms with E-state index < -0.39 is 72.6 Å². The quantitative estimate of drug-likeness (QED) is 0.0955. The molecule has 0 heterocycles. The number of halogens is 1. The summed E-state index contributed by atoms with van der Waals surface area (Å²) in [5.74, 6) is 0.0468. The summed E-state index contributed by atoms with van der Waals surface area (Å²) in [6, 6.07) is 15.5. The number of carbonyl (C=O) groups excluding carboxylic acids is 4. The summed E-state index contributed by atoms with van der Waals surface area (Å²) >= 11 is -1.92. The van der Waals surface area contributed by atoms with Gasteiger partial charge in [-0.3, -0.25) is 0 Å². The second-order valence-electron chi connectivity index (χ2n) is 15.0. The molecule has 0 fully saturated rings. The molecule has 4 amide bonds. The standard InChI is InChI=1S/C36H52IN3O9/c1-33(2,3)46-29(41)38-28(40(31(43)48-35(7,8)9)32(44)49-36(10,11)12)39(30(42)47-34(4,5)6)23-24-16-15-17-26(22-24)37(13)25-18-20-27(45-14)21-19-25/h15-22H,23H2,1-14H3. The molecule has 0 unspecified atom stereocenters. The average Bonchev–Trinajstić information content (AvgIpc) is 2.91. The van der Waals surface area contributed by atoms with E-state index in [4.69, 9.17) is 23.7 Å². The molecule has 0 N–H and O–H groups in total. The molecule has 0 bridgehead atoms. The predicted octanol–water partition coefficient (Wildman–Crippen LogP) is 9.07. The van der Waals surface area contributed by atoms with Gasteiger partial charge in [-0.2, -0.15) is 0 Å². The number of nitrogens with zero attached hydrogens (tertiary/aromatic N) is 3. The van der Waals surface area contributed by atoms with Crippen molar-refractivity contribution in [3.63, 3.8) is 0 Å². The first-order valence-electron chi connectivity index (χ1n) is 15.7. The SMILES string of the molecule is COc1ccc(I(C)c2cccc(CN(C(=O)OC(C)(C)C)C(=NC(=O)OC(C)(C)C)N(C(=O)OC(C)(C)C)C(=O)OC(C)(C)C)c2)cc1. The third kappa shape index (κ3) is 14.2. The minimum atomic E-state index is -1.92. The first kappa shape index (κ1) is 41.3. The van der Waals surface area contributed by atoms with Gasteiger partial charge < -0.3 is 0 Å². The van der Waals surface area contributed by atoms with Crippen LogP contribution in [0.1, 0.15) is 88.6 Å². The zero-order valence-corrected chi connectivity index (χ0v) is 33.4. The van der Waals surface area contributed by atoms with E-state index in [2.05, 4.69) is 9.92 Å². The predicted molar refractivity (Wildman–Crippen MR) is 197 cm³/mol. The molecule has 272 valence electrons. The Morgan fingerprint density at radius 2 is 1.12 bits per heavy atom. The van der Waals surface area contributed by atoms with Gasteiger partial charge in [0, 0.05) is 0 Å². The number of guanidine groups is 1. The maximum absolute atomic E-state index is 14.0. The van der Waals surface area contributed by atoms with E-state index >= 15 is 0 Å². The number of hydrogen-bond donors (Lipinski definition) is 0. The van der Waals surface area contributed by atoms with Crippen LogP contribution < -0.4 is 4.74 Å². The van der Waals surface area contributed by atoms with Gasteiger partial charge in [0.1, 0.15) is 0 Å². The summed E-state index contributed by atoms with van der Waals surface area (Å²) < 4.78 is 29.9. The van der Waals surface area contributed by atoms with Crippen molar-refractivity contribution >= 4 is 50.2 Å². The van der Waals surface area contributed by atoms with Gasteiger partial charge in [0.2, 0.25) is 0 Å². The zero-order chi connectivity index (χ0) is 37.5. The Kier molecular flexibility index (Phi) is 13.7. The Morgan fingerprint density at radius 3 is 1.57 bits per heavy atom. The van der Waals surface area contributed by atoms with Crippen molar-refractivity contribution in [3.05, 3.63) is 61.2 Å². The van der Waals surface area contributed by atoms with Gasteiger partial charge >= 0.3 is 299 Å². The monoisotopic (exact) mass is 797 g/mol. The molecule has 49 heavy (non-hydrogen) atoms. The third-order valence-corrected chi connectivity index (χ3v) is 10.9. The van der Waals surface area contributed by atoms with Gasteiger partial charge in [0.05, 0.1) is 0 Å². The van der Waals surface area contributed by atoms with Crippen molar-refractivity contribution in [1.29, 1.82) is 0 Å². The second kappa shape index (κ2) is 16.2. The number of benzene rings is 2. The van der Waals surface area contributed by atoms with Crippen LogP contribution in [0.5, 0.6) is 5.75 Å². The fourth-order valence-corrected chi connectivity index (χ4v) is 7.64. The number of aliphatic imine (C=N–C) groups is 1. The van der Waals surface area contributed by atoms with Gasteiger partial charge in [-0.25, -0.2) is 0 Å². The van der Waals surface area contributed by atoms with E-state index in [0.717, 1.165) is 14.2 Å². The molecule has 0 atom stereocenters. The summed E-state index contributed by atoms with van der Waals surface area (Å²) in [6.07, 6.45) is -4.61. The number of amides is 4. The van der Waals surface area contributed by atoms with Gasteiger partial charge in [0.25, 0.3) is 0 Å². The van der Waals surface area contributed by atoms with Gasteiger partial charge in [-0.15, -0.1) is 0 Å². The number of imide groups is 1. The molecule has 0 saturated heterocycles. The Bertz CT molecular complexity index is 1480. The van der Waals surface area contributed by atoms with Crippen LogP contribution in [0.25, 0.3) is 0 Å². The molecule has 0 aliphatic carbocycles. The zero-order valence-electron chi connectivity index (χ0n) is 31.2. The Balaban J connectivity index is 2.82. The van der Waals surface area contributed by atoms with E-state index in [1.54, 1.807) is 96.3 Å². The molecule has 2 aromatic rings. The minimum absolute atomic E-state index is 0.251. The first-order chi connectivity index (χ1) is 22.3. The Labute approximate surface area is 297 Å². The van der Waals surface area contributed by atoms with Crippen LogP contribution in [0.2, 0.25) is 0 Å². The fraction of sp³-hybridized carbons (Fsp3) is 0.528. The summed E-state index contributed by atoms with van der Waals surface area (Å²) in [7, 11) is 1.62. The van der Waals surface area contributed by atoms with Crippen molar-refractivity contribution in [2.75, 3.05) is 12.0 Å². The number of rotatable bonds is 5. The molecule has 2 rings (SSSR count). The van der Waals surface area contributed by atoms with Crippen LogP contribution in [-0.4, -0.2) is 74.6 Å². The topological polar surface area (TPSA) is 133 Å². The number of carbonyl (C=O) groups is 4. The van der Waals surface area contributed by atoms with Gasteiger partial charge in [0.15, 0.2) is 0 Å². The van der Waals surface area contributed by atoms with Crippen LogP contribution in [0.3, 0.4) is 0 Å². The Hall–Kier alpha value is -3.88. The molecule has 2 aromatic carbocycles. The number of hydrogen-bond acceptors (Lipinski definition) is 9. The van der Waals surface area contributed by atoms with Crippen molar-refractivity contribution in [2.24, 2.45) is 4.99 Å². The molecule has 0 saturated carbocycles. The van der Waals surface area contributed by atoms with Crippen LogP contribution >= 0.6 is 19.8 Å². The van der Waals surface area contributed by atoms with E-state index in [1.807, 2.05) is 42.5 Å². The maximum atomic E-state index is 14.0. The van der Waals surface area contributed by atoms with Gasteiger partial charge in [-0.1, -0.05) is 0 Å². The average molecular weight is 798 g/mol. The molecule has 0 aliphatic rings. The Morgan fingerprint density at radius 1 is 0.653 bits per heavy atom. The van der Waals surface area contributed by atoms with E-state index in [9.17, 15) is 19.2 Å². The molecular weight excluding hydrogens is 745 g/mol. The number of methoxy groups -OCH3 is 1. The van der Waals surface area contributed by atoms with Crippen LogP contribution in [-0.2, 0) is 25.5 Å². The molecule has 0 spiro atoms. The van der Waals surface area contributed by atoms with Crippen LogP contribution in [0, 0.1) is 7.14 Å². The molecule has 12 nitrogen and oxygen atoms in total.